The van der Waals surface area contributed by atoms with E-state index in [1.807, 2.05) is 133 Å². The number of aromatic nitrogens is 7. The molecule has 47 heavy (non-hydrogen) atoms. The minimum atomic E-state index is 0.423. The SMILES string of the molecule is c1ccc(-c2nc(-c3ccccc3)nc(-c3ccc(-c4nc(-c5ncc6ccccc6n5)nc5c4oc4ccccc45)cc3)n2)cc1. The predicted octanol–water partition coefficient (Wildman–Crippen LogP) is 8.84. The summed E-state index contributed by atoms with van der Waals surface area (Å²) in [6.07, 6.45) is 1.80. The molecule has 0 fully saturated rings. The van der Waals surface area contributed by atoms with Crippen LogP contribution in [-0.4, -0.2) is 34.9 Å². The lowest BCUT2D eigenvalue weighted by atomic mass is 10.1. The molecule has 8 nitrogen and oxygen atoms in total. The molecular formula is C39H23N7O. The van der Waals surface area contributed by atoms with Crippen LogP contribution in [0.3, 0.4) is 0 Å². The molecule has 0 aliphatic carbocycles. The average molecular weight is 606 g/mol. The van der Waals surface area contributed by atoms with Gasteiger partial charge in [-0.25, -0.2) is 34.9 Å². The van der Waals surface area contributed by atoms with Gasteiger partial charge in [0.25, 0.3) is 0 Å². The molecule has 0 N–H and O–H groups in total. The van der Waals surface area contributed by atoms with Crippen molar-refractivity contribution in [1.82, 2.24) is 34.9 Å². The summed E-state index contributed by atoms with van der Waals surface area (Å²) in [6, 6.07) is 43.6. The fourth-order valence-corrected chi connectivity index (χ4v) is 5.68. The Bertz CT molecular complexity index is 2510. The molecule has 9 aromatic rings. The maximum Gasteiger partial charge on any atom is 0.199 e. The lowest BCUT2D eigenvalue weighted by Crippen LogP contribution is -2.00. The topological polar surface area (TPSA) is 103 Å². The van der Waals surface area contributed by atoms with Gasteiger partial charge in [0, 0.05) is 39.2 Å². The number of para-hydroxylation sites is 2. The Balaban J connectivity index is 1.19. The average Bonchev–Trinajstić information content (AvgIpc) is 3.53. The van der Waals surface area contributed by atoms with E-state index in [2.05, 4.69) is 4.98 Å². The van der Waals surface area contributed by atoms with E-state index < -0.39 is 0 Å². The van der Waals surface area contributed by atoms with Crippen LogP contribution in [0, 0.1) is 0 Å². The molecule has 0 spiro atoms. The van der Waals surface area contributed by atoms with E-state index >= 15 is 0 Å². The van der Waals surface area contributed by atoms with Gasteiger partial charge in [-0.1, -0.05) is 115 Å². The van der Waals surface area contributed by atoms with Gasteiger partial charge in [0.2, 0.25) is 0 Å². The number of hydrogen-bond donors (Lipinski definition) is 0. The van der Waals surface area contributed by atoms with Gasteiger partial charge in [0.15, 0.2) is 34.7 Å². The Morgan fingerprint density at radius 1 is 0.404 bits per heavy atom. The van der Waals surface area contributed by atoms with Crippen molar-refractivity contribution in [1.29, 1.82) is 0 Å². The number of furan rings is 1. The third kappa shape index (κ3) is 4.85. The van der Waals surface area contributed by atoms with Gasteiger partial charge < -0.3 is 4.42 Å². The van der Waals surface area contributed by atoms with Crippen LogP contribution in [0.4, 0.5) is 0 Å². The smallest absolute Gasteiger partial charge is 0.199 e. The molecule has 220 valence electrons. The highest BCUT2D eigenvalue weighted by Gasteiger charge is 2.20. The highest BCUT2D eigenvalue weighted by Crippen LogP contribution is 2.36. The number of nitrogens with zero attached hydrogens (tertiary/aromatic N) is 7. The number of benzene rings is 5. The number of rotatable bonds is 5. The molecule has 0 saturated carbocycles. The molecule has 8 heteroatoms. The van der Waals surface area contributed by atoms with Crippen LogP contribution in [-0.2, 0) is 0 Å². The summed E-state index contributed by atoms with van der Waals surface area (Å²) < 4.78 is 6.34. The highest BCUT2D eigenvalue weighted by molar-refractivity contribution is 6.07. The van der Waals surface area contributed by atoms with Crippen molar-refractivity contribution in [3.63, 3.8) is 0 Å². The first kappa shape index (κ1) is 26.7. The van der Waals surface area contributed by atoms with Crippen LogP contribution in [0.25, 0.3) is 90.0 Å². The summed E-state index contributed by atoms with van der Waals surface area (Å²) in [5.74, 6) is 2.66. The zero-order valence-corrected chi connectivity index (χ0v) is 24.8. The van der Waals surface area contributed by atoms with Crippen LogP contribution >= 0.6 is 0 Å². The van der Waals surface area contributed by atoms with Crippen molar-refractivity contribution < 1.29 is 4.42 Å². The Morgan fingerprint density at radius 3 is 1.68 bits per heavy atom. The number of hydrogen-bond acceptors (Lipinski definition) is 8. The predicted molar refractivity (Wildman–Crippen MR) is 183 cm³/mol. The lowest BCUT2D eigenvalue weighted by Gasteiger charge is -2.09. The van der Waals surface area contributed by atoms with Crippen LogP contribution in [0.1, 0.15) is 0 Å². The molecule has 0 amide bonds. The third-order valence-electron chi connectivity index (χ3n) is 8.02. The number of fused-ring (bicyclic) bond motifs is 4. The van der Waals surface area contributed by atoms with Crippen LogP contribution in [0.5, 0.6) is 0 Å². The van der Waals surface area contributed by atoms with Gasteiger partial charge in [0.05, 0.1) is 5.52 Å². The van der Waals surface area contributed by atoms with E-state index in [4.69, 9.17) is 34.3 Å². The second-order valence-electron chi connectivity index (χ2n) is 11.0. The molecule has 4 heterocycles. The first-order valence-corrected chi connectivity index (χ1v) is 15.2. The fraction of sp³-hybridized carbons (Fsp3) is 0. The summed E-state index contributed by atoms with van der Waals surface area (Å²) in [6.45, 7) is 0. The van der Waals surface area contributed by atoms with Gasteiger partial charge in [-0.05, 0) is 18.2 Å². The summed E-state index contributed by atoms with van der Waals surface area (Å²) in [5, 5.41) is 1.85. The maximum absolute atomic E-state index is 6.34. The second kappa shape index (κ2) is 11.0. The largest absolute Gasteiger partial charge is 0.452 e. The summed E-state index contributed by atoms with van der Waals surface area (Å²) in [5.41, 5.74) is 7.05. The van der Waals surface area contributed by atoms with E-state index in [9.17, 15) is 0 Å². The van der Waals surface area contributed by atoms with Crippen molar-refractivity contribution in [3.8, 4) is 57.1 Å². The minimum absolute atomic E-state index is 0.423. The zero-order valence-electron chi connectivity index (χ0n) is 24.8. The van der Waals surface area contributed by atoms with Gasteiger partial charge in [0.1, 0.15) is 16.8 Å². The minimum Gasteiger partial charge on any atom is -0.452 e. The monoisotopic (exact) mass is 605 g/mol. The molecule has 0 bridgehead atoms. The van der Waals surface area contributed by atoms with Crippen molar-refractivity contribution in [2.75, 3.05) is 0 Å². The Morgan fingerprint density at radius 2 is 0.979 bits per heavy atom. The van der Waals surface area contributed by atoms with Crippen molar-refractivity contribution in [3.05, 3.63) is 140 Å². The quantitative estimate of drug-likeness (QED) is 0.192. The normalized spacial score (nSPS) is 11.4. The molecule has 0 aliphatic heterocycles. The van der Waals surface area contributed by atoms with Gasteiger partial charge >= 0.3 is 0 Å². The highest BCUT2D eigenvalue weighted by atomic mass is 16.3. The van der Waals surface area contributed by atoms with Crippen LogP contribution in [0.15, 0.2) is 144 Å². The van der Waals surface area contributed by atoms with E-state index in [1.165, 1.54) is 0 Å². The maximum atomic E-state index is 6.34. The zero-order chi connectivity index (χ0) is 31.2. The summed E-state index contributed by atoms with van der Waals surface area (Å²) in [7, 11) is 0. The second-order valence-corrected chi connectivity index (χ2v) is 11.0. The van der Waals surface area contributed by atoms with E-state index in [-0.39, 0.29) is 0 Å². The molecule has 5 aromatic carbocycles. The van der Waals surface area contributed by atoms with Gasteiger partial charge in [-0.3, -0.25) is 0 Å². The molecule has 0 aliphatic rings. The fourth-order valence-electron chi connectivity index (χ4n) is 5.68. The first-order chi connectivity index (χ1) is 23.3. The van der Waals surface area contributed by atoms with Crippen LogP contribution in [0.2, 0.25) is 0 Å². The summed E-state index contributed by atoms with van der Waals surface area (Å²) in [4.78, 5) is 33.9. The van der Waals surface area contributed by atoms with E-state index in [1.54, 1.807) is 6.20 Å². The molecule has 0 atom stereocenters. The Kier molecular flexibility index (Phi) is 6.28. The molecule has 0 saturated heterocycles. The molecule has 4 aromatic heterocycles. The lowest BCUT2D eigenvalue weighted by molar-refractivity contribution is 0.667. The van der Waals surface area contributed by atoms with E-state index in [0.29, 0.717) is 45.9 Å². The standard InChI is InChI=1S/C39H23N7O/c1-3-11-25(12-4-1)35-44-36(26-13-5-2-6-14-26)46-37(45-35)27-21-19-24(20-22-27)32-34-33(29-16-8-10-18-31(29)47-34)43-39(42-32)38-40-23-28-15-7-9-17-30(28)41-38/h1-23H. The molecule has 9 rings (SSSR count). The van der Waals surface area contributed by atoms with Crippen molar-refractivity contribution in [2.45, 2.75) is 0 Å². The molecule has 0 radical (unpaired) electrons. The van der Waals surface area contributed by atoms with Crippen molar-refractivity contribution >= 4 is 33.0 Å². The molecular weight excluding hydrogens is 582 g/mol. The van der Waals surface area contributed by atoms with Gasteiger partial charge in [-0.15, -0.1) is 0 Å². The molecule has 0 unspecified atom stereocenters. The van der Waals surface area contributed by atoms with Gasteiger partial charge in [-0.2, -0.15) is 0 Å². The van der Waals surface area contributed by atoms with E-state index in [0.717, 1.165) is 44.1 Å². The third-order valence-corrected chi connectivity index (χ3v) is 8.02. The Hall–Kier alpha value is -6.67. The summed E-state index contributed by atoms with van der Waals surface area (Å²) >= 11 is 0. The Labute approximate surface area is 268 Å². The van der Waals surface area contributed by atoms with Crippen LogP contribution < -0.4 is 0 Å². The first-order valence-electron chi connectivity index (χ1n) is 15.2. The van der Waals surface area contributed by atoms with Crippen molar-refractivity contribution in [2.24, 2.45) is 0 Å².